The van der Waals surface area contributed by atoms with Crippen LogP contribution in [0.1, 0.15) is 5.56 Å². The average molecular weight is 348 g/mol. The number of aryl methyl sites for hydroxylation is 1. The van der Waals surface area contributed by atoms with Crippen molar-refractivity contribution in [2.75, 3.05) is 13.7 Å². The zero-order valence-electron chi connectivity index (χ0n) is 12.7. The molecule has 2 rings (SSSR count). The van der Waals surface area contributed by atoms with E-state index in [1.165, 1.54) is 19.2 Å². The first-order valence-corrected chi connectivity index (χ1v) is 8.35. The maximum atomic E-state index is 12.1. The van der Waals surface area contributed by atoms with Crippen molar-refractivity contribution >= 4 is 10.1 Å². The van der Waals surface area contributed by atoms with Crippen LogP contribution in [0, 0.1) is 6.92 Å². The van der Waals surface area contributed by atoms with Crippen molar-refractivity contribution in [3.05, 3.63) is 29.8 Å². The minimum absolute atomic E-state index is 0.0303. The molecule has 0 aliphatic carbocycles. The molecule has 8 nitrogen and oxygen atoms in total. The largest absolute Gasteiger partial charge is 0.387 e. The standard InChI is InChI=1S/C14H20O8S/c1-8-3-5-9(6-4-8)23(18,19)21-7-10-11(15)12(16)13(17)14(20-2)22-10/h3-6,10-17H,7H2,1-2H3/t10?,11-,12+,13?,14+/m1/s1. The predicted molar refractivity (Wildman–Crippen MR) is 78.0 cm³/mol. The zero-order valence-corrected chi connectivity index (χ0v) is 13.5. The summed E-state index contributed by atoms with van der Waals surface area (Å²) >= 11 is 0. The van der Waals surface area contributed by atoms with Crippen LogP contribution >= 0.6 is 0 Å². The fourth-order valence-corrected chi connectivity index (χ4v) is 3.10. The maximum absolute atomic E-state index is 12.1. The van der Waals surface area contributed by atoms with Crippen molar-refractivity contribution in [2.24, 2.45) is 0 Å². The van der Waals surface area contributed by atoms with Gasteiger partial charge in [0.1, 0.15) is 24.4 Å². The summed E-state index contributed by atoms with van der Waals surface area (Å²) in [6.45, 7) is 1.29. The highest BCUT2D eigenvalue weighted by Crippen LogP contribution is 2.23. The van der Waals surface area contributed by atoms with Crippen molar-refractivity contribution in [3.63, 3.8) is 0 Å². The SMILES string of the molecule is CO[C@H]1OC(COS(=O)(=O)c2ccc(C)cc2)[C@@H](O)[C@H](O)C1O. The maximum Gasteiger partial charge on any atom is 0.297 e. The molecule has 2 unspecified atom stereocenters. The van der Waals surface area contributed by atoms with Gasteiger partial charge in [-0.15, -0.1) is 0 Å². The number of aliphatic hydroxyl groups excluding tert-OH is 3. The summed E-state index contributed by atoms with van der Waals surface area (Å²) in [5.74, 6) is 0. The Kier molecular flexibility index (Phi) is 5.74. The molecule has 0 aromatic heterocycles. The molecule has 3 N–H and O–H groups in total. The van der Waals surface area contributed by atoms with Gasteiger partial charge < -0.3 is 24.8 Å². The van der Waals surface area contributed by atoms with Crippen molar-refractivity contribution in [1.82, 2.24) is 0 Å². The van der Waals surface area contributed by atoms with Gasteiger partial charge in [-0.05, 0) is 19.1 Å². The minimum Gasteiger partial charge on any atom is -0.387 e. The highest BCUT2D eigenvalue weighted by molar-refractivity contribution is 7.86. The number of rotatable bonds is 5. The van der Waals surface area contributed by atoms with E-state index in [9.17, 15) is 23.7 Å². The van der Waals surface area contributed by atoms with E-state index in [1.807, 2.05) is 6.92 Å². The van der Waals surface area contributed by atoms with Gasteiger partial charge in [0.2, 0.25) is 0 Å². The Morgan fingerprint density at radius 3 is 2.26 bits per heavy atom. The van der Waals surface area contributed by atoms with Gasteiger partial charge in [-0.2, -0.15) is 8.42 Å². The van der Waals surface area contributed by atoms with E-state index >= 15 is 0 Å². The van der Waals surface area contributed by atoms with Crippen molar-refractivity contribution < 1.29 is 37.4 Å². The number of hydrogen-bond acceptors (Lipinski definition) is 8. The molecule has 1 aromatic rings. The Balaban J connectivity index is 2.05. The van der Waals surface area contributed by atoms with Crippen LogP contribution < -0.4 is 0 Å². The molecule has 9 heteroatoms. The molecule has 1 heterocycles. The summed E-state index contributed by atoms with van der Waals surface area (Å²) in [6, 6.07) is 6.06. The minimum atomic E-state index is -4.03. The second-order valence-corrected chi connectivity index (χ2v) is 6.92. The van der Waals surface area contributed by atoms with Crippen LogP contribution in [-0.2, 0) is 23.8 Å². The molecule has 23 heavy (non-hydrogen) atoms. The van der Waals surface area contributed by atoms with Gasteiger partial charge in [-0.3, -0.25) is 4.18 Å². The summed E-state index contributed by atoms with van der Waals surface area (Å²) in [6.07, 6.45) is -6.85. The Morgan fingerprint density at radius 2 is 1.70 bits per heavy atom. The lowest BCUT2D eigenvalue weighted by Crippen LogP contribution is -2.59. The van der Waals surface area contributed by atoms with Crippen LogP contribution in [0.15, 0.2) is 29.2 Å². The highest BCUT2D eigenvalue weighted by atomic mass is 32.2. The second kappa shape index (κ2) is 7.22. The Bertz CT molecular complexity index is 612. The molecule has 1 aromatic carbocycles. The molecule has 1 fully saturated rings. The summed E-state index contributed by atoms with van der Waals surface area (Å²) in [5, 5.41) is 29.2. The lowest BCUT2D eigenvalue weighted by molar-refractivity contribution is -0.293. The average Bonchev–Trinajstić information content (AvgIpc) is 2.52. The first-order chi connectivity index (χ1) is 10.8. The molecule has 0 spiro atoms. The zero-order chi connectivity index (χ0) is 17.2. The highest BCUT2D eigenvalue weighted by Gasteiger charge is 2.44. The summed E-state index contributed by atoms with van der Waals surface area (Å²) in [4.78, 5) is -0.0303. The lowest BCUT2D eigenvalue weighted by atomic mass is 9.99. The number of aliphatic hydroxyl groups is 3. The van der Waals surface area contributed by atoms with Crippen LogP contribution in [0.3, 0.4) is 0 Å². The van der Waals surface area contributed by atoms with E-state index in [-0.39, 0.29) is 4.90 Å². The first-order valence-electron chi connectivity index (χ1n) is 6.95. The third-order valence-corrected chi connectivity index (χ3v) is 4.89. The Labute approximate surface area is 134 Å². The number of ether oxygens (including phenoxy) is 2. The number of benzene rings is 1. The molecule has 0 amide bonds. The van der Waals surface area contributed by atoms with Gasteiger partial charge in [0.05, 0.1) is 11.5 Å². The molecule has 1 aliphatic rings. The van der Waals surface area contributed by atoms with Crippen LogP contribution in [0.4, 0.5) is 0 Å². The van der Waals surface area contributed by atoms with Crippen LogP contribution in [0.2, 0.25) is 0 Å². The molecule has 5 atom stereocenters. The fourth-order valence-electron chi connectivity index (χ4n) is 2.18. The smallest absolute Gasteiger partial charge is 0.297 e. The first kappa shape index (κ1) is 18.3. The predicted octanol–water partition coefficient (Wildman–Crippen LogP) is -0.846. The molecule has 0 radical (unpaired) electrons. The lowest BCUT2D eigenvalue weighted by Gasteiger charge is -2.39. The third-order valence-electron chi connectivity index (χ3n) is 3.60. The molecule has 1 saturated heterocycles. The second-order valence-electron chi connectivity index (χ2n) is 5.30. The normalized spacial score (nSPS) is 32.0. The van der Waals surface area contributed by atoms with E-state index in [2.05, 4.69) is 0 Å². The van der Waals surface area contributed by atoms with Crippen LogP contribution in [0.25, 0.3) is 0 Å². The Hall–Kier alpha value is -1.07. The number of methoxy groups -OCH3 is 1. The molecule has 130 valence electrons. The van der Waals surface area contributed by atoms with E-state index in [0.717, 1.165) is 5.56 Å². The summed E-state index contributed by atoms with van der Waals surface area (Å²) < 4.78 is 39.1. The summed E-state index contributed by atoms with van der Waals surface area (Å²) in [5.41, 5.74) is 0.898. The summed E-state index contributed by atoms with van der Waals surface area (Å²) in [7, 11) is -2.78. The van der Waals surface area contributed by atoms with E-state index in [1.54, 1.807) is 12.1 Å². The van der Waals surface area contributed by atoms with E-state index in [0.29, 0.717) is 0 Å². The molecule has 1 aliphatic heterocycles. The molecule has 0 bridgehead atoms. The van der Waals surface area contributed by atoms with Crippen LogP contribution in [0.5, 0.6) is 0 Å². The molecular formula is C14H20O8S. The monoisotopic (exact) mass is 348 g/mol. The quantitative estimate of drug-likeness (QED) is 0.589. The topological polar surface area (TPSA) is 123 Å². The number of hydrogen-bond donors (Lipinski definition) is 3. The molecule has 0 saturated carbocycles. The van der Waals surface area contributed by atoms with Crippen molar-refractivity contribution in [3.8, 4) is 0 Å². The van der Waals surface area contributed by atoms with Gasteiger partial charge >= 0.3 is 0 Å². The van der Waals surface area contributed by atoms with Gasteiger partial charge in [-0.25, -0.2) is 0 Å². The van der Waals surface area contributed by atoms with Crippen LogP contribution in [-0.4, -0.2) is 68.2 Å². The van der Waals surface area contributed by atoms with Crippen molar-refractivity contribution in [1.29, 1.82) is 0 Å². The van der Waals surface area contributed by atoms with Crippen molar-refractivity contribution in [2.45, 2.75) is 42.5 Å². The van der Waals surface area contributed by atoms with Gasteiger partial charge in [-0.1, -0.05) is 17.7 Å². The van der Waals surface area contributed by atoms with Gasteiger partial charge in [0, 0.05) is 7.11 Å². The van der Waals surface area contributed by atoms with Gasteiger partial charge in [0.15, 0.2) is 6.29 Å². The van der Waals surface area contributed by atoms with E-state index in [4.69, 9.17) is 13.7 Å². The van der Waals surface area contributed by atoms with E-state index < -0.39 is 47.4 Å². The molecular weight excluding hydrogens is 328 g/mol. The fraction of sp³-hybridized carbons (Fsp3) is 0.571. The Morgan fingerprint density at radius 1 is 1.09 bits per heavy atom. The van der Waals surface area contributed by atoms with Gasteiger partial charge in [0.25, 0.3) is 10.1 Å². The third kappa shape index (κ3) is 4.07.